The van der Waals surface area contributed by atoms with E-state index in [1.54, 1.807) is 0 Å². The Morgan fingerprint density at radius 3 is 2.35 bits per heavy atom. The van der Waals surface area contributed by atoms with Gasteiger partial charge in [0, 0.05) is 6.04 Å². The third kappa shape index (κ3) is 3.22. The van der Waals surface area contributed by atoms with Gasteiger partial charge < -0.3 is 5.32 Å². The van der Waals surface area contributed by atoms with Crippen LogP contribution in [-0.4, -0.2) is 11.9 Å². The number of carbonyl (C=O) groups is 1. The zero-order valence-electron chi connectivity index (χ0n) is 10.2. The largest absolute Gasteiger partial charge is 0.352 e. The minimum atomic E-state index is -0.592. The molecule has 1 saturated carbocycles. The summed E-state index contributed by atoms with van der Waals surface area (Å²) in [4.78, 5) is 11.7. The van der Waals surface area contributed by atoms with Crippen molar-refractivity contribution in [1.82, 2.24) is 5.32 Å². The Morgan fingerprint density at radius 2 is 1.88 bits per heavy atom. The number of nitrogens with one attached hydrogen (secondary N) is 1. The number of rotatable bonds is 4. The lowest BCUT2D eigenvalue weighted by molar-refractivity contribution is -0.121. The van der Waals surface area contributed by atoms with Gasteiger partial charge in [0.05, 0.1) is 0 Å². The van der Waals surface area contributed by atoms with Crippen molar-refractivity contribution in [3.05, 3.63) is 35.4 Å². The van der Waals surface area contributed by atoms with Crippen LogP contribution in [0.3, 0.4) is 0 Å². The van der Waals surface area contributed by atoms with Crippen molar-refractivity contribution in [2.45, 2.75) is 44.0 Å². The fourth-order valence-corrected chi connectivity index (χ4v) is 2.07. The second-order valence-electron chi connectivity index (χ2n) is 4.97. The molecule has 0 aromatic heterocycles. The molecule has 0 saturated heterocycles. The molecule has 2 rings (SSSR count). The minimum Gasteiger partial charge on any atom is -0.352 e. The number of halogens is 1. The molecule has 0 bridgehead atoms. The number of benzene rings is 1. The quantitative estimate of drug-likeness (QED) is 0.817. The molecule has 1 amide bonds. The summed E-state index contributed by atoms with van der Waals surface area (Å²) in [5, 5.41) is 2.23. The van der Waals surface area contributed by atoms with E-state index in [4.69, 9.17) is 11.6 Å². The second kappa shape index (κ2) is 5.09. The fourth-order valence-electron chi connectivity index (χ4n) is 1.86. The Balaban J connectivity index is 2.02. The number of carbonyl (C=O) groups excluding carboxylic acids is 1. The topological polar surface area (TPSA) is 29.1 Å². The molecule has 1 aromatic carbocycles. The van der Waals surface area contributed by atoms with E-state index in [0.717, 1.165) is 11.5 Å². The van der Waals surface area contributed by atoms with Gasteiger partial charge in [0.2, 0.25) is 5.91 Å². The van der Waals surface area contributed by atoms with Crippen LogP contribution in [0.5, 0.6) is 0 Å². The number of amides is 1. The van der Waals surface area contributed by atoms with Crippen LogP contribution in [0.4, 0.5) is 0 Å². The summed E-state index contributed by atoms with van der Waals surface area (Å²) in [6.07, 6.45) is 2.58. The predicted molar refractivity (Wildman–Crippen MR) is 70.3 cm³/mol. The van der Waals surface area contributed by atoms with Gasteiger partial charge in [0.1, 0.15) is 5.38 Å². The third-order valence-electron chi connectivity index (χ3n) is 2.94. The molecular formula is C14H18ClNO. The summed E-state index contributed by atoms with van der Waals surface area (Å²) < 4.78 is 0. The summed E-state index contributed by atoms with van der Waals surface area (Å²) in [7, 11) is 0. The van der Waals surface area contributed by atoms with E-state index in [9.17, 15) is 4.79 Å². The molecule has 1 aliphatic carbocycles. The van der Waals surface area contributed by atoms with Crippen LogP contribution >= 0.6 is 11.6 Å². The van der Waals surface area contributed by atoms with Crippen molar-refractivity contribution in [3.8, 4) is 0 Å². The van der Waals surface area contributed by atoms with E-state index in [1.807, 2.05) is 26.0 Å². The molecule has 0 aliphatic heterocycles. The number of hydrogen-bond acceptors (Lipinski definition) is 1. The van der Waals surface area contributed by atoms with E-state index in [-0.39, 0.29) is 11.9 Å². The van der Waals surface area contributed by atoms with Gasteiger partial charge in [0.25, 0.3) is 0 Å². The molecule has 1 N–H and O–H groups in total. The standard InChI is InChI=1S/C14H18ClNO/c1-9(2)16-14(17)13(15)12-7-5-11(6-8-12)10-3-4-10/h5-10,13H,3-4H2,1-2H3,(H,16,17). The highest BCUT2D eigenvalue weighted by Crippen LogP contribution is 2.40. The summed E-state index contributed by atoms with van der Waals surface area (Å²) >= 11 is 6.14. The average molecular weight is 252 g/mol. The number of alkyl halides is 1. The maximum atomic E-state index is 11.7. The summed E-state index contributed by atoms with van der Waals surface area (Å²) in [6.45, 7) is 3.86. The SMILES string of the molecule is CC(C)NC(=O)C(Cl)c1ccc(C2CC2)cc1. The highest BCUT2D eigenvalue weighted by molar-refractivity contribution is 6.30. The molecule has 1 aromatic rings. The van der Waals surface area contributed by atoms with Crippen LogP contribution in [0.1, 0.15) is 49.1 Å². The maximum Gasteiger partial charge on any atom is 0.242 e. The minimum absolute atomic E-state index is 0.120. The van der Waals surface area contributed by atoms with Crippen molar-refractivity contribution >= 4 is 17.5 Å². The summed E-state index contributed by atoms with van der Waals surface area (Å²) in [6, 6.07) is 8.22. The smallest absolute Gasteiger partial charge is 0.242 e. The van der Waals surface area contributed by atoms with Crippen molar-refractivity contribution < 1.29 is 4.79 Å². The Hall–Kier alpha value is -1.02. The Kier molecular flexibility index (Phi) is 3.72. The Morgan fingerprint density at radius 1 is 1.29 bits per heavy atom. The van der Waals surface area contributed by atoms with Crippen molar-refractivity contribution in [1.29, 1.82) is 0 Å². The van der Waals surface area contributed by atoms with E-state index in [0.29, 0.717) is 0 Å². The van der Waals surface area contributed by atoms with Crippen molar-refractivity contribution in [3.63, 3.8) is 0 Å². The normalized spacial score (nSPS) is 16.9. The zero-order valence-corrected chi connectivity index (χ0v) is 11.0. The van der Waals surface area contributed by atoms with Crippen molar-refractivity contribution in [2.24, 2.45) is 0 Å². The fraction of sp³-hybridized carbons (Fsp3) is 0.500. The highest BCUT2D eigenvalue weighted by atomic mass is 35.5. The van der Waals surface area contributed by atoms with Gasteiger partial charge in [-0.2, -0.15) is 0 Å². The van der Waals surface area contributed by atoms with E-state index < -0.39 is 5.38 Å². The highest BCUT2D eigenvalue weighted by Gasteiger charge is 2.24. The van der Waals surface area contributed by atoms with Gasteiger partial charge in [-0.25, -0.2) is 0 Å². The van der Waals surface area contributed by atoms with Gasteiger partial charge in [0.15, 0.2) is 0 Å². The Bertz CT molecular complexity index is 395. The molecule has 1 atom stereocenters. The lowest BCUT2D eigenvalue weighted by Gasteiger charge is -2.13. The molecule has 0 radical (unpaired) electrons. The van der Waals surface area contributed by atoms with Crippen LogP contribution in [0.2, 0.25) is 0 Å². The van der Waals surface area contributed by atoms with Gasteiger partial charge in [-0.3, -0.25) is 4.79 Å². The molecular weight excluding hydrogens is 234 g/mol. The summed E-state index contributed by atoms with van der Waals surface area (Å²) in [5.74, 6) is 0.614. The van der Waals surface area contributed by atoms with Gasteiger partial charge in [-0.15, -0.1) is 11.6 Å². The Labute approximate surface area is 107 Å². The third-order valence-corrected chi connectivity index (χ3v) is 3.39. The maximum absolute atomic E-state index is 11.7. The molecule has 2 nitrogen and oxygen atoms in total. The van der Waals surface area contributed by atoms with Crippen molar-refractivity contribution in [2.75, 3.05) is 0 Å². The molecule has 1 aliphatic rings. The first kappa shape index (κ1) is 12.4. The predicted octanol–water partition coefficient (Wildman–Crippen LogP) is 3.37. The first-order chi connectivity index (χ1) is 8.08. The molecule has 3 heteroatoms. The molecule has 17 heavy (non-hydrogen) atoms. The van der Waals surface area contributed by atoms with E-state index in [1.165, 1.54) is 18.4 Å². The zero-order chi connectivity index (χ0) is 12.4. The summed E-state index contributed by atoms with van der Waals surface area (Å²) in [5.41, 5.74) is 2.23. The molecule has 0 heterocycles. The molecule has 1 unspecified atom stereocenters. The number of hydrogen-bond donors (Lipinski definition) is 1. The molecule has 0 spiro atoms. The van der Waals surface area contributed by atoms with Crippen LogP contribution in [-0.2, 0) is 4.79 Å². The second-order valence-corrected chi connectivity index (χ2v) is 5.40. The molecule has 1 fully saturated rings. The van der Waals surface area contributed by atoms with Crippen LogP contribution in [0, 0.1) is 0 Å². The van der Waals surface area contributed by atoms with Gasteiger partial charge in [-0.1, -0.05) is 24.3 Å². The van der Waals surface area contributed by atoms with Crippen LogP contribution < -0.4 is 5.32 Å². The molecule has 92 valence electrons. The lowest BCUT2D eigenvalue weighted by Crippen LogP contribution is -2.32. The first-order valence-corrected chi connectivity index (χ1v) is 6.56. The lowest BCUT2D eigenvalue weighted by atomic mass is 10.1. The first-order valence-electron chi connectivity index (χ1n) is 6.12. The van der Waals surface area contributed by atoms with Crippen LogP contribution in [0.25, 0.3) is 0 Å². The van der Waals surface area contributed by atoms with Crippen LogP contribution in [0.15, 0.2) is 24.3 Å². The van der Waals surface area contributed by atoms with Gasteiger partial charge >= 0.3 is 0 Å². The van der Waals surface area contributed by atoms with E-state index in [2.05, 4.69) is 17.4 Å². The average Bonchev–Trinajstić information content (AvgIpc) is 3.11. The van der Waals surface area contributed by atoms with E-state index >= 15 is 0 Å². The monoisotopic (exact) mass is 251 g/mol. The van der Waals surface area contributed by atoms with Gasteiger partial charge in [-0.05, 0) is 43.7 Å².